The van der Waals surface area contributed by atoms with E-state index in [1.54, 1.807) is 0 Å². The molecule has 0 heteroatoms. The van der Waals surface area contributed by atoms with Crippen LogP contribution in [0, 0.1) is 0 Å². The molecular weight excluding hydrogens is 144 g/mol. The SMILES string of the molecule is C=C(C)/C=C\C(=C)CCC.CC. The highest BCUT2D eigenvalue weighted by Gasteiger charge is 1.83. The van der Waals surface area contributed by atoms with E-state index in [4.69, 9.17) is 0 Å². The molecule has 0 atom stereocenters. The molecule has 0 aliphatic rings. The van der Waals surface area contributed by atoms with Gasteiger partial charge in [-0.15, -0.1) is 0 Å². The summed E-state index contributed by atoms with van der Waals surface area (Å²) in [5.41, 5.74) is 2.27. The van der Waals surface area contributed by atoms with Crippen LogP contribution >= 0.6 is 0 Å². The molecule has 0 aliphatic heterocycles. The van der Waals surface area contributed by atoms with E-state index in [1.165, 1.54) is 12.0 Å². The molecule has 0 aromatic heterocycles. The molecule has 0 unspecified atom stereocenters. The van der Waals surface area contributed by atoms with Crippen LogP contribution in [0.2, 0.25) is 0 Å². The van der Waals surface area contributed by atoms with Crippen molar-refractivity contribution in [3.05, 3.63) is 36.5 Å². The van der Waals surface area contributed by atoms with E-state index in [1.807, 2.05) is 32.9 Å². The predicted molar refractivity (Wildman–Crippen MR) is 59.4 cm³/mol. The molecule has 0 N–H and O–H groups in total. The van der Waals surface area contributed by atoms with Crippen molar-refractivity contribution in [3.63, 3.8) is 0 Å². The fraction of sp³-hybridized carbons (Fsp3) is 0.500. The van der Waals surface area contributed by atoms with Gasteiger partial charge in [-0.3, -0.25) is 0 Å². The van der Waals surface area contributed by atoms with E-state index in [0.717, 1.165) is 12.0 Å². The molecule has 0 aromatic carbocycles. The maximum Gasteiger partial charge on any atom is -0.0287 e. The smallest absolute Gasteiger partial charge is 0.0287 e. The molecule has 0 rings (SSSR count). The fourth-order valence-electron chi connectivity index (χ4n) is 0.665. The lowest BCUT2D eigenvalue weighted by Crippen LogP contribution is -1.73. The van der Waals surface area contributed by atoms with Crippen LogP contribution in [-0.4, -0.2) is 0 Å². The summed E-state index contributed by atoms with van der Waals surface area (Å²) in [5, 5.41) is 0. The topological polar surface area (TPSA) is 0 Å². The van der Waals surface area contributed by atoms with Gasteiger partial charge in [-0.25, -0.2) is 0 Å². The van der Waals surface area contributed by atoms with E-state index in [9.17, 15) is 0 Å². The van der Waals surface area contributed by atoms with Crippen LogP contribution < -0.4 is 0 Å². The minimum absolute atomic E-state index is 1.08. The monoisotopic (exact) mass is 166 g/mol. The number of allylic oxidation sites excluding steroid dienone is 4. The third-order valence-corrected chi connectivity index (χ3v) is 1.17. The van der Waals surface area contributed by atoms with Gasteiger partial charge in [0.05, 0.1) is 0 Å². The van der Waals surface area contributed by atoms with Crippen LogP contribution in [0.4, 0.5) is 0 Å². The predicted octanol–water partition coefficient (Wildman–Crippen LogP) is 4.50. The van der Waals surface area contributed by atoms with Gasteiger partial charge in [-0.2, -0.15) is 0 Å². The van der Waals surface area contributed by atoms with E-state index >= 15 is 0 Å². The lowest BCUT2D eigenvalue weighted by atomic mass is 10.1. The van der Waals surface area contributed by atoms with Gasteiger partial charge in [0, 0.05) is 0 Å². The van der Waals surface area contributed by atoms with Crippen molar-refractivity contribution in [2.45, 2.75) is 40.5 Å². The molecule has 0 nitrogen and oxygen atoms in total. The minimum Gasteiger partial charge on any atom is -0.0961 e. The van der Waals surface area contributed by atoms with E-state index in [-0.39, 0.29) is 0 Å². The van der Waals surface area contributed by atoms with Crippen molar-refractivity contribution in [3.8, 4) is 0 Å². The Bertz CT molecular complexity index is 149. The molecule has 0 aliphatic carbocycles. The third-order valence-electron chi connectivity index (χ3n) is 1.17. The summed E-state index contributed by atoms with van der Waals surface area (Å²) in [7, 11) is 0. The van der Waals surface area contributed by atoms with E-state index in [2.05, 4.69) is 20.1 Å². The first kappa shape index (κ1) is 13.8. The zero-order chi connectivity index (χ0) is 9.98. The Morgan fingerprint density at radius 2 is 1.67 bits per heavy atom. The Kier molecular flexibility index (Phi) is 11.7. The van der Waals surface area contributed by atoms with Gasteiger partial charge in [0.2, 0.25) is 0 Å². The van der Waals surface area contributed by atoms with Crippen LogP contribution in [0.1, 0.15) is 40.5 Å². The summed E-state index contributed by atoms with van der Waals surface area (Å²) >= 11 is 0. The Morgan fingerprint density at radius 3 is 2.00 bits per heavy atom. The van der Waals surface area contributed by atoms with Gasteiger partial charge in [-0.05, 0) is 13.3 Å². The molecule has 0 aromatic rings. The maximum atomic E-state index is 3.89. The summed E-state index contributed by atoms with van der Waals surface area (Å²) in [4.78, 5) is 0. The van der Waals surface area contributed by atoms with Crippen molar-refractivity contribution < 1.29 is 0 Å². The van der Waals surface area contributed by atoms with Crippen LogP contribution in [0.3, 0.4) is 0 Å². The summed E-state index contributed by atoms with van der Waals surface area (Å²) in [6.07, 6.45) is 6.28. The number of hydrogen-bond donors (Lipinski definition) is 0. The summed E-state index contributed by atoms with van der Waals surface area (Å²) < 4.78 is 0. The first-order chi connectivity index (χ1) is 5.66. The largest absolute Gasteiger partial charge is 0.0961 e. The third kappa shape index (κ3) is 12.0. The first-order valence-corrected chi connectivity index (χ1v) is 4.68. The molecule has 0 heterocycles. The highest BCUT2D eigenvalue weighted by molar-refractivity contribution is 5.22. The average Bonchev–Trinajstić information content (AvgIpc) is 2.05. The summed E-state index contributed by atoms with van der Waals surface area (Å²) in [6.45, 7) is 15.8. The van der Waals surface area contributed by atoms with Crippen molar-refractivity contribution in [1.29, 1.82) is 0 Å². The zero-order valence-corrected chi connectivity index (χ0v) is 8.98. The summed E-state index contributed by atoms with van der Waals surface area (Å²) in [5.74, 6) is 0. The van der Waals surface area contributed by atoms with Gasteiger partial charge < -0.3 is 0 Å². The molecule has 12 heavy (non-hydrogen) atoms. The number of rotatable bonds is 4. The Balaban J connectivity index is 0. The minimum atomic E-state index is 1.08. The molecule has 0 amide bonds. The van der Waals surface area contributed by atoms with Gasteiger partial charge in [0.15, 0.2) is 0 Å². The second-order valence-electron chi connectivity index (χ2n) is 2.59. The second-order valence-corrected chi connectivity index (χ2v) is 2.59. The second kappa shape index (κ2) is 10.2. The number of hydrogen-bond acceptors (Lipinski definition) is 0. The van der Waals surface area contributed by atoms with E-state index < -0.39 is 0 Å². The van der Waals surface area contributed by atoms with Crippen LogP contribution in [0.25, 0.3) is 0 Å². The van der Waals surface area contributed by atoms with Crippen molar-refractivity contribution in [1.82, 2.24) is 0 Å². The van der Waals surface area contributed by atoms with Crippen molar-refractivity contribution in [2.75, 3.05) is 0 Å². The zero-order valence-electron chi connectivity index (χ0n) is 8.98. The lowest BCUT2D eigenvalue weighted by molar-refractivity contribution is 0.929. The molecule has 0 bridgehead atoms. The quantitative estimate of drug-likeness (QED) is 0.539. The van der Waals surface area contributed by atoms with E-state index in [0.29, 0.717) is 0 Å². The van der Waals surface area contributed by atoms with Crippen LogP contribution in [-0.2, 0) is 0 Å². The fourth-order valence-corrected chi connectivity index (χ4v) is 0.665. The van der Waals surface area contributed by atoms with Gasteiger partial charge in [0.1, 0.15) is 0 Å². The van der Waals surface area contributed by atoms with Crippen molar-refractivity contribution in [2.24, 2.45) is 0 Å². The molecule has 0 saturated heterocycles. The standard InChI is InChI=1S/C10H16.C2H6/c1-5-6-10(4)8-7-9(2)3;1-2/h7-8H,2,4-6H2,1,3H3;1-2H3/b8-7-;. The lowest BCUT2D eigenvalue weighted by Gasteiger charge is -1.93. The van der Waals surface area contributed by atoms with Crippen molar-refractivity contribution >= 4 is 0 Å². The van der Waals surface area contributed by atoms with Gasteiger partial charge in [-0.1, -0.05) is 63.6 Å². The highest BCUT2D eigenvalue weighted by atomic mass is 13.9. The molecule has 70 valence electrons. The molecule has 0 saturated carbocycles. The maximum absolute atomic E-state index is 3.89. The first-order valence-electron chi connectivity index (χ1n) is 4.68. The molecule has 0 fully saturated rings. The molecule has 0 radical (unpaired) electrons. The Labute approximate surface area is 77.7 Å². The highest BCUT2D eigenvalue weighted by Crippen LogP contribution is 2.04. The molecule has 0 spiro atoms. The van der Waals surface area contributed by atoms with Gasteiger partial charge >= 0.3 is 0 Å². The Morgan fingerprint density at radius 1 is 1.17 bits per heavy atom. The Hall–Kier alpha value is -0.780. The average molecular weight is 166 g/mol. The van der Waals surface area contributed by atoms with Crippen LogP contribution in [0.15, 0.2) is 36.5 Å². The van der Waals surface area contributed by atoms with Gasteiger partial charge in [0.25, 0.3) is 0 Å². The normalized spacial score (nSPS) is 9.00. The summed E-state index contributed by atoms with van der Waals surface area (Å²) in [6, 6.07) is 0. The van der Waals surface area contributed by atoms with Crippen LogP contribution in [0.5, 0.6) is 0 Å². The molecular formula is C12H22.